The molecule has 1 atom stereocenters. The Balaban J connectivity index is 1.94. The first-order valence-electron chi connectivity index (χ1n) is 6.32. The first-order valence-corrected chi connectivity index (χ1v) is 6.32. The summed E-state index contributed by atoms with van der Waals surface area (Å²) in [6, 6.07) is 8.99. The van der Waals surface area contributed by atoms with E-state index in [2.05, 4.69) is 10.6 Å². The molecule has 1 aliphatic heterocycles. The third-order valence-corrected chi connectivity index (χ3v) is 3.34. The molecule has 1 heterocycles. The first-order chi connectivity index (χ1) is 9.20. The molecule has 1 aromatic carbocycles. The van der Waals surface area contributed by atoms with E-state index < -0.39 is 0 Å². The lowest BCUT2D eigenvalue weighted by atomic mass is 9.88. The summed E-state index contributed by atoms with van der Waals surface area (Å²) < 4.78 is 5.20. The molecule has 1 aliphatic rings. The molecule has 2 rings (SSSR count). The lowest BCUT2D eigenvalue weighted by Gasteiger charge is -2.31. The summed E-state index contributed by atoms with van der Waals surface area (Å²) in [5.41, 5.74) is 0.694. The van der Waals surface area contributed by atoms with Crippen molar-refractivity contribution in [3.05, 3.63) is 24.3 Å². The fourth-order valence-corrected chi connectivity index (χ4v) is 1.91. The number of carbonyl (C=O) groups is 1. The monoisotopic (exact) mass is 259 g/mol. The van der Waals surface area contributed by atoms with E-state index in [9.17, 15) is 4.79 Å². The van der Waals surface area contributed by atoms with Crippen LogP contribution in [-0.4, -0.2) is 25.6 Å². The van der Waals surface area contributed by atoms with Crippen LogP contribution in [0.1, 0.15) is 6.92 Å². The van der Waals surface area contributed by atoms with Gasteiger partial charge in [-0.05, 0) is 31.1 Å². The van der Waals surface area contributed by atoms with E-state index >= 15 is 0 Å². The van der Waals surface area contributed by atoms with Crippen molar-refractivity contribution in [2.24, 2.45) is 11.8 Å². The van der Waals surface area contributed by atoms with Crippen molar-refractivity contribution in [3.63, 3.8) is 0 Å². The van der Waals surface area contributed by atoms with E-state index in [0.29, 0.717) is 17.4 Å². The largest absolute Gasteiger partial charge is 0.479 e. The number of nitriles is 1. The van der Waals surface area contributed by atoms with Gasteiger partial charge in [0.15, 0.2) is 6.61 Å². The predicted molar refractivity (Wildman–Crippen MR) is 71.7 cm³/mol. The van der Waals surface area contributed by atoms with Crippen LogP contribution in [0.4, 0.5) is 5.69 Å². The highest BCUT2D eigenvalue weighted by atomic mass is 16.5. The van der Waals surface area contributed by atoms with E-state index in [1.807, 2.05) is 19.1 Å². The zero-order valence-corrected chi connectivity index (χ0v) is 10.8. The second kappa shape index (κ2) is 6.21. The van der Waals surface area contributed by atoms with Crippen molar-refractivity contribution in [2.75, 3.05) is 25.0 Å². The molecule has 0 aliphatic carbocycles. The van der Waals surface area contributed by atoms with Crippen LogP contribution in [0, 0.1) is 23.2 Å². The molecule has 1 saturated heterocycles. The molecule has 1 aromatic rings. The lowest BCUT2D eigenvalue weighted by molar-refractivity contribution is -0.121. The van der Waals surface area contributed by atoms with Gasteiger partial charge >= 0.3 is 0 Å². The van der Waals surface area contributed by atoms with Crippen LogP contribution in [0.3, 0.4) is 0 Å². The van der Waals surface area contributed by atoms with E-state index in [1.54, 1.807) is 18.2 Å². The maximum atomic E-state index is 12.0. The Labute approximate surface area is 112 Å². The Morgan fingerprint density at radius 1 is 1.63 bits per heavy atom. The maximum absolute atomic E-state index is 12.0. The molecule has 0 spiro atoms. The van der Waals surface area contributed by atoms with Crippen LogP contribution < -0.4 is 15.4 Å². The molecule has 0 saturated carbocycles. The number of nitrogens with zero attached hydrogens (tertiary/aromatic N) is 1. The number of anilines is 1. The number of benzene rings is 1. The summed E-state index contributed by atoms with van der Waals surface area (Å²) in [7, 11) is 0. The van der Waals surface area contributed by atoms with Gasteiger partial charge in [-0.25, -0.2) is 0 Å². The molecular weight excluding hydrogens is 242 g/mol. The van der Waals surface area contributed by atoms with E-state index in [-0.39, 0.29) is 18.4 Å². The van der Waals surface area contributed by atoms with Crippen molar-refractivity contribution >= 4 is 11.6 Å². The molecule has 2 N–H and O–H groups in total. The Bertz CT molecular complexity index is 492. The molecule has 1 fully saturated rings. The highest BCUT2D eigenvalue weighted by Gasteiger charge is 2.28. The smallest absolute Gasteiger partial charge is 0.227 e. The Kier molecular flexibility index (Phi) is 4.37. The minimum atomic E-state index is -0.00932. The summed E-state index contributed by atoms with van der Waals surface area (Å²) in [5.74, 6) is 1.00. The third kappa shape index (κ3) is 3.46. The first kappa shape index (κ1) is 13.4. The van der Waals surface area contributed by atoms with Crippen LogP contribution >= 0.6 is 0 Å². The van der Waals surface area contributed by atoms with Gasteiger partial charge in [-0.15, -0.1) is 0 Å². The summed E-state index contributed by atoms with van der Waals surface area (Å²) in [5, 5.41) is 14.5. The van der Waals surface area contributed by atoms with Crippen molar-refractivity contribution in [3.8, 4) is 11.8 Å². The van der Waals surface area contributed by atoms with Crippen LogP contribution in [0.2, 0.25) is 0 Å². The average Bonchev–Trinajstić information content (AvgIpc) is 2.34. The summed E-state index contributed by atoms with van der Waals surface area (Å²) in [6.45, 7) is 3.75. The van der Waals surface area contributed by atoms with Gasteiger partial charge in [0.1, 0.15) is 11.8 Å². The Morgan fingerprint density at radius 3 is 3.05 bits per heavy atom. The van der Waals surface area contributed by atoms with Gasteiger partial charge in [0.05, 0.1) is 0 Å². The highest BCUT2D eigenvalue weighted by molar-refractivity contribution is 5.92. The molecule has 0 aromatic heterocycles. The van der Waals surface area contributed by atoms with Crippen molar-refractivity contribution < 1.29 is 9.53 Å². The van der Waals surface area contributed by atoms with Crippen molar-refractivity contribution in [1.29, 1.82) is 5.26 Å². The molecule has 1 amide bonds. The normalized spacial score (nSPS) is 16.0. The second-order valence-electron chi connectivity index (χ2n) is 4.67. The van der Waals surface area contributed by atoms with Crippen molar-refractivity contribution in [1.82, 2.24) is 5.32 Å². The topological polar surface area (TPSA) is 74.1 Å². The van der Waals surface area contributed by atoms with Gasteiger partial charge in [0.25, 0.3) is 0 Å². The fraction of sp³-hybridized carbons (Fsp3) is 0.429. The Morgan fingerprint density at radius 2 is 2.42 bits per heavy atom. The number of hydrogen-bond donors (Lipinski definition) is 2. The fourth-order valence-electron chi connectivity index (χ4n) is 1.91. The van der Waals surface area contributed by atoms with Crippen molar-refractivity contribution in [2.45, 2.75) is 6.92 Å². The molecule has 5 nitrogen and oxygen atoms in total. The minimum absolute atomic E-state index is 0.00153. The number of hydrogen-bond acceptors (Lipinski definition) is 4. The number of amides is 1. The van der Waals surface area contributed by atoms with E-state index in [1.165, 1.54) is 0 Å². The zero-order chi connectivity index (χ0) is 13.7. The predicted octanol–water partition coefficient (Wildman–Crippen LogP) is 1.38. The van der Waals surface area contributed by atoms with Gasteiger partial charge in [-0.3, -0.25) is 4.79 Å². The number of carbonyl (C=O) groups excluding carboxylic acids is 1. The molecule has 1 unspecified atom stereocenters. The molecule has 19 heavy (non-hydrogen) atoms. The number of nitrogens with one attached hydrogen (secondary N) is 2. The Hall–Kier alpha value is -2.06. The van der Waals surface area contributed by atoms with Gasteiger partial charge in [-0.2, -0.15) is 5.26 Å². The van der Waals surface area contributed by atoms with E-state index in [4.69, 9.17) is 10.00 Å². The summed E-state index contributed by atoms with van der Waals surface area (Å²) in [4.78, 5) is 12.0. The van der Waals surface area contributed by atoms with Gasteiger partial charge in [0, 0.05) is 17.7 Å². The van der Waals surface area contributed by atoms with Crippen LogP contribution in [0.25, 0.3) is 0 Å². The molecule has 5 heteroatoms. The maximum Gasteiger partial charge on any atom is 0.227 e. The lowest BCUT2D eigenvalue weighted by Crippen LogP contribution is -2.48. The standard InChI is InChI=1S/C14H17N3O2/c1-10(11-8-16-9-11)14(18)17-12-3-2-4-13(7-12)19-6-5-15/h2-4,7,10-11,16H,6,8-9H2,1H3,(H,17,18). The van der Waals surface area contributed by atoms with Gasteiger partial charge in [0.2, 0.25) is 5.91 Å². The van der Waals surface area contributed by atoms with Crippen LogP contribution in [0.5, 0.6) is 5.75 Å². The average molecular weight is 259 g/mol. The van der Waals surface area contributed by atoms with Crippen LogP contribution in [0.15, 0.2) is 24.3 Å². The SMILES string of the molecule is CC(C(=O)Nc1cccc(OCC#N)c1)C1CNC1. The molecule has 0 bridgehead atoms. The highest BCUT2D eigenvalue weighted by Crippen LogP contribution is 2.21. The molecular formula is C14H17N3O2. The minimum Gasteiger partial charge on any atom is -0.479 e. The summed E-state index contributed by atoms with van der Waals surface area (Å²) >= 11 is 0. The second-order valence-corrected chi connectivity index (χ2v) is 4.67. The molecule has 0 radical (unpaired) electrons. The third-order valence-electron chi connectivity index (χ3n) is 3.34. The number of rotatable bonds is 5. The molecule has 100 valence electrons. The quantitative estimate of drug-likeness (QED) is 0.838. The van der Waals surface area contributed by atoms with Crippen LogP contribution in [-0.2, 0) is 4.79 Å². The van der Waals surface area contributed by atoms with E-state index in [0.717, 1.165) is 13.1 Å². The van der Waals surface area contributed by atoms with Gasteiger partial charge in [-0.1, -0.05) is 13.0 Å². The number of ether oxygens (including phenoxy) is 1. The zero-order valence-electron chi connectivity index (χ0n) is 10.8. The van der Waals surface area contributed by atoms with Gasteiger partial charge < -0.3 is 15.4 Å². The summed E-state index contributed by atoms with van der Waals surface area (Å²) in [6.07, 6.45) is 0.